The third-order valence-corrected chi connectivity index (χ3v) is 14.6. The van der Waals surface area contributed by atoms with Crippen molar-refractivity contribution in [3.8, 4) is 17.2 Å². The van der Waals surface area contributed by atoms with Crippen molar-refractivity contribution in [2.75, 3.05) is 68.8 Å². The first-order valence-corrected chi connectivity index (χ1v) is 23.1. The highest BCUT2D eigenvalue weighted by atomic mass is 32.4. The number of benzene rings is 3. The monoisotopic (exact) mass is 817 g/mol. The van der Waals surface area contributed by atoms with Crippen LogP contribution in [0, 0.1) is 0 Å². The van der Waals surface area contributed by atoms with Crippen molar-refractivity contribution in [1.29, 1.82) is 0 Å². The molecule has 0 amide bonds. The minimum absolute atomic E-state index is 0.0849. The maximum Gasteiger partial charge on any atom is 0.540 e. The summed E-state index contributed by atoms with van der Waals surface area (Å²) in [5, 5.41) is 8.84. The van der Waals surface area contributed by atoms with Gasteiger partial charge < -0.3 is 22.8 Å². The lowest BCUT2D eigenvalue weighted by molar-refractivity contribution is 0.224. The molecule has 0 saturated carbocycles. The van der Waals surface area contributed by atoms with Gasteiger partial charge in [0.15, 0.2) is 11.5 Å². The summed E-state index contributed by atoms with van der Waals surface area (Å²) in [5.74, 6) is 1.98. The lowest BCUT2D eigenvalue weighted by Crippen LogP contribution is -2.29. The normalized spacial score (nSPS) is 12.7. The Morgan fingerprint density at radius 2 is 1.00 bits per heavy atom. The van der Waals surface area contributed by atoms with E-state index in [9.17, 15) is 9.13 Å². The molecule has 2 unspecified atom stereocenters. The van der Waals surface area contributed by atoms with E-state index in [2.05, 4.69) is 10.2 Å². The van der Waals surface area contributed by atoms with E-state index in [-0.39, 0.29) is 12.6 Å². The summed E-state index contributed by atoms with van der Waals surface area (Å²) in [6.45, 7) is 0.387. The van der Waals surface area contributed by atoms with Crippen LogP contribution in [0.4, 0.5) is 0 Å². The molecule has 0 bridgehead atoms. The van der Waals surface area contributed by atoms with Crippen molar-refractivity contribution in [3.05, 3.63) is 89.5 Å². The summed E-state index contributed by atoms with van der Waals surface area (Å²) < 4.78 is 66.2. The molecule has 0 saturated heterocycles. The predicted molar refractivity (Wildman–Crippen MR) is 210 cm³/mol. The van der Waals surface area contributed by atoms with Crippen LogP contribution in [-0.4, -0.2) is 95.6 Å². The van der Waals surface area contributed by atoms with Crippen molar-refractivity contribution >= 4 is 65.4 Å². The van der Waals surface area contributed by atoms with Gasteiger partial charge in [-0.1, -0.05) is 21.7 Å². The van der Waals surface area contributed by atoms with E-state index in [1.165, 1.54) is 28.4 Å². The van der Waals surface area contributed by atoms with Gasteiger partial charge >= 0.3 is 29.3 Å². The van der Waals surface area contributed by atoms with E-state index in [1.54, 1.807) is 48.1 Å². The molecule has 3 aromatic carbocycles. The average molecular weight is 818 g/mol. The fourth-order valence-corrected chi connectivity index (χ4v) is 8.31. The highest BCUT2D eigenvalue weighted by Gasteiger charge is 2.31. The Morgan fingerprint density at radius 1 is 0.627 bits per heavy atom. The van der Waals surface area contributed by atoms with Crippen LogP contribution >= 0.6 is 29.3 Å². The van der Waals surface area contributed by atoms with E-state index in [0.29, 0.717) is 24.5 Å². The third-order valence-electron chi connectivity index (χ3n) is 7.08. The van der Waals surface area contributed by atoms with Gasteiger partial charge in [-0.3, -0.25) is 23.1 Å². The van der Waals surface area contributed by atoms with E-state index in [1.807, 2.05) is 72.8 Å². The van der Waals surface area contributed by atoms with Gasteiger partial charge in [0.2, 0.25) is 23.6 Å². The van der Waals surface area contributed by atoms with Gasteiger partial charge in [-0.15, -0.1) is 10.2 Å². The van der Waals surface area contributed by atoms with Crippen LogP contribution < -0.4 is 13.8 Å². The summed E-state index contributed by atoms with van der Waals surface area (Å²) in [4.78, 5) is 1.68. The molecule has 0 aliphatic carbocycles. The fraction of sp³-hybridized carbons (Fsp3) is 0.355. The molecule has 3 aromatic rings. The zero-order valence-corrected chi connectivity index (χ0v) is 34.6. The van der Waals surface area contributed by atoms with Crippen molar-refractivity contribution < 1.29 is 41.0 Å². The molecule has 51 heavy (non-hydrogen) atoms. The molecule has 20 heteroatoms. The van der Waals surface area contributed by atoms with Gasteiger partial charge in [-0.25, -0.2) is 0 Å². The smallest absolute Gasteiger partial charge is 0.497 e. The Balaban J connectivity index is 1.50. The first kappa shape index (κ1) is 42.7. The van der Waals surface area contributed by atoms with Crippen LogP contribution in [0.1, 0.15) is 16.7 Å². The highest BCUT2D eigenvalue weighted by molar-refractivity contribution is 8.02. The summed E-state index contributed by atoms with van der Waals surface area (Å²) in [6, 6.07) is 22.3. The van der Waals surface area contributed by atoms with Crippen LogP contribution in [0.25, 0.3) is 0 Å². The summed E-state index contributed by atoms with van der Waals surface area (Å²) in [6.07, 6.45) is 3.77. The SMILES string of the molecule is COc1ccc(/C=N\N(C)[P+](=S)Oc2ccc(/C=N\N(C)[P+](=S)Oc3ccc(CCN(CP(=O)(OC)OC)CP(=O)(OC)OC)cc3)cc2)cc1. The second-order valence-electron chi connectivity index (χ2n) is 10.5. The molecule has 0 aliphatic heterocycles. The van der Waals surface area contributed by atoms with Gasteiger partial charge in [-0.2, -0.15) is 0 Å². The molecule has 0 aliphatic rings. The molecule has 0 radical (unpaired) electrons. The highest BCUT2D eigenvalue weighted by Crippen LogP contribution is 2.51. The van der Waals surface area contributed by atoms with Crippen LogP contribution in [-0.2, 0) is 57.3 Å². The van der Waals surface area contributed by atoms with Gasteiger partial charge in [0.05, 0.1) is 33.6 Å². The van der Waals surface area contributed by atoms with Crippen LogP contribution in [0.15, 0.2) is 83.0 Å². The number of hydrazone groups is 2. The number of rotatable bonds is 22. The summed E-state index contributed by atoms with van der Waals surface area (Å²) in [5.41, 5.74) is 2.72. The average Bonchev–Trinajstić information content (AvgIpc) is 3.16. The molecule has 14 nitrogen and oxygen atoms in total. The van der Waals surface area contributed by atoms with E-state index < -0.39 is 29.3 Å². The topological polar surface area (TPSA) is 133 Å². The van der Waals surface area contributed by atoms with Crippen LogP contribution in [0.2, 0.25) is 0 Å². The number of ether oxygens (including phenoxy) is 1. The maximum absolute atomic E-state index is 12.8. The van der Waals surface area contributed by atoms with E-state index >= 15 is 0 Å². The first-order chi connectivity index (χ1) is 24.3. The van der Waals surface area contributed by atoms with Crippen molar-refractivity contribution in [2.24, 2.45) is 10.2 Å². The molecule has 3 rings (SSSR count). The largest absolute Gasteiger partial charge is 0.540 e. The minimum atomic E-state index is -3.42. The maximum atomic E-state index is 12.8. The molecular weight excluding hydrogens is 774 g/mol. The van der Waals surface area contributed by atoms with Crippen molar-refractivity contribution in [3.63, 3.8) is 0 Å². The minimum Gasteiger partial charge on any atom is -0.497 e. The molecule has 0 N–H and O–H groups in total. The standard InChI is InChI=1S/C31H43N5O9P4S2/c1-34(32-22-27-10-14-29(39-3)15-11-27)47(51)45-31-18-12-28(13-19-31)23-33-35(2)46(50)44-30-16-8-26(9-17-30)20-21-36(24-48(37,40-4)41-5)25-49(38,42-6)43-7/h8-19,22-23H,20-21,24-25H2,1-7H3/q+2/b32-22-,33-23-. The Kier molecular flexibility index (Phi) is 17.7. The van der Waals surface area contributed by atoms with E-state index in [4.69, 9.17) is 55.5 Å². The van der Waals surface area contributed by atoms with Crippen LogP contribution in [0.3, 0.4) is 0 Å². The molecule has 0 heterocycles. The summed E-state index contributed by atoms with van der Waals surface area (Å²) in [7, 11) is 0.611. The number of hydrogen-bond acceptors (Lipinski definition) is 14. The second kappa shape index (κ2) is 21.1. The third kappa shape index (κ3) is 14.3. The predicted octanol–water partition coefficient (Wildman–Crippen LogP) is 7.66. The van der Waals surface area contributed by atoms with E-state index in [0.717, 1.165) is 22.4 Å². The Bertz CT molecular complexity index is 1690. The van der Waals surface area contributed by atoms with Gasteiger partial charge in [0, 0.05) is 35.0 Å². The lowest BCUT2D eigenvalue weighted by Gasteiger charge is -2.27. The van der Waals surface area contributed by atoms with Gasteiger partial charge in [0.1, 0.15) is 18.3 Å². The lowest BCUT2D eigenvalue weighted by atomic mass is 10.1. The molecule has 2 atom stereocenters. The summed E-state index contributed by atoms with van der Waals surface area (Å²) >= 11 is 11.1. The zero-order valence-electron chi connectivity index (χ0n) is 29.4. The second-order valence-corrected chi connectivity index (χ2v) is 19.3. The quantitative estimate of drug-likeness (QED) is 0.0558. The van der Waals surface area contributed by atoms with Crippen molar-refractivity contribution in [1.82, 2.24) is 14.5 Å². The Morgan fingerprint density at radius 3 is 1.37 bits per heavy atom. The molecule has 0 spiro atoms. The number of methoxy groups -OCH3 is 1. The molecule has 0 aromatic heterocycles. The van der Waals surface area contributed by atoms with Gasteiger partial charge in [0.25, 0.3) is 0 Å². The first-order valence-electron chi connectivity index (χ1n) is 15.2. The zero-order chi connectivity index (χ0) is 37.4. The fourth-order valence-electron chi connectivity index (χ4n) is 4.05. The Labute approximate surface area is 311 Å². The number of hydrogen-bond donors (Lipinski definition) is 0. The molecule has 0 fully saturated rings. The van der Waals surface area contributed by atoms with Crippen LogP contribution in [0.5, 0.6) is 17.2 Å². The van der Waals surface area contributed by atoms with Gasteiger partial charge in [-0.05, 0) is 83.8 Å². The Hall–Kier alpha value is -2.70. The molecule has 276 valence electrons. The molecular formula is C31H43N5O9P4S2+2. The number of nitrogens with zero attached hydrogens (tertiary/aromatic N) is 5. The van der Waals surface area contributed by atoms with Crippen molar-refractivity contribution in [2.45, 2.75) is 6.42 Å².